The van der Waals surface area contributed by atoms with E-state index in [-0.39, 0.29) is 23.9 Å². The molecular formula is C19H29N3O5S. The molecule has 2 saturated heterocycles. The van der Waals surface area contributed by atoms with Crippen LogP contribution in [0.3, 0.4) is 0 Å². The van der Waals surface area contributed by atoms with Gasteiger partial charge >= 0.3 is 0 Å². The Balaban J connectivity index is 1.52. The molecule has 0 aromatic heterocycles. The second-order valence-electron chi connectivity index (χ2n) is 7.49. The first-order valence-electron chi connectivity index (χ1n) is 9.72. The highest BCUT2D eigenvalue weighted by Crippen LogP contribution is 2.20. The van der Waals surface area contributed by atoms with Crippen LogP contribution in [-0.2, 0) is 26.2 Å². The van der Waals surface area contributed by atoms with Crippen molar-refractivity contribution in [3.63, 3.8) is 0 Å². The van der Waals surface area contributed by atoms with Crippen molar-refractivity contribution in [2.24, 2.45) is 0 Å². The van der Waals surface area contributed by atoms with Crippen molar-refractivity contribution >= 4 is 16.1 Å². The van der Waals surface area contributed by atoms with Crippen molar-refractivity contribution in [3.8, 4) is 5.75 Å². The maximum atomic E-state index is 12.9. The summed E-state index contributed by atoms with van der Waals surface area (Å²) >= 11 is 0. The van der Waals surface area contributed by atoms with Gasteiger partial charge in [-0.15, -0.1) is 0 Å². The molecule has 3 rings (SSSR count). The summed E-state index contributed by atoms with van der Waals surface area (Å²) in [5.74, 6) is 0.175. The first-order valence-corrected chi connectivity index (χ1v) is 11.1. The van der Waals surface area contributed by atoms with Gasteiger partial charge in [0.05, 0.1) is 12.2 Å². The van der Waals surface area contributed by atoms with E-state index in [1.54, 1.807) is 23.1 Å². The van der Waals surface area contributed by atoms with Crippen LogP contribution in [0.15, 0.2) is 24.3 Å². The third-order valence-electron chi connectivity index (χ3n) is 5.23. The molecule has 9 heteroatoms. The van der Waals surface area contributed by atoms with E-state index in [0.717, 1.165) is 5.56 Å². The second kappa shape index (κ2) is 8.77. The number of rotatable bonds is 5. The number of hydrogen-bond donors (Lipinski definition) is 1. The summed E-state index contributed by atoms with van der Waals surface area (Å²) in [5.41, 5.74) is 0.743. The van der Waals surface area contributed by atoms with Gasteiger partial charge < -0.3 is 14.7 Å². The van der Waals surface area contributed by atoms with Crippen molar-refractivity contribution < 1.29 is 23.1 Å². The van der Waals surface area contributed by atoms with Crippen molar-refractivity contribution in [2.45, 2.75) is 38.9 Å². The Morgan fingerprint density at radius 3 is 2.29 bits per heavy atom. The molecule has 28 heavy (non-hydrogen) atoms. The quantitative estimate of drug-likeness (QED) is 0.775. The van der Waals surface area contributed by atoms with Gasteiger partial charge in [0.2, 0.25) is 5.91 Å². The molecule has 8 nitrogen and oxygen atoms in total. The Bertz CT molecular complexity index is 783. The van der Waals surface area contributed by atoms with Crippen LogP contribution >= 0.6 is 0 Å². The number of morpholine rings is 1. The Hall–Kier alpha value is -1.68. The van der Waals surface area contributed by atoms with Crippen LogP contribution in [0.1, 0.15) is 25.8 Å². The molecule has 0 bridgehead atoms. The minimum atomic E-state index is -3.55. The van der Waals surface area contributed by atoms with Gasteiger partial charge in [-0.3, -0.25) is 4.79 Å². The SMILES string of the molecule is CC1CN(S(=O)(=O)N2CCN(C(=O)CCc3ccccc3O)CC2)CC(C)O1. The van der Waals surface area contributed by atoms with E-state index in [4.69, 9.17) is 4.74 Å². The van der Waals surface area contributed by atoms with Crippen LogP contribution in [0.25, 0.3) is 0 Å². The van der Waals surface area contributed by atoms with Crippen molar-refractivity contribution in [2.75, 3.05) is 39.3 Å². The summed E-state index contributed by atoms with van der Waals surface area (Å²) in [4.78, 5) is 14.2. The number of carbonyl (C=O) groups excluding carboxylic acids is 1. The molecule has 2 aliphatic rings. The van der Waals surface area contributed by atoms with E-state index in [9.17, 15) is 18.3 Å². The summed E-state index contributed by atoms with van der Waals surface area (Å²) in [5, 5.41) is 9.81. The fourth-order valence-electron chi connectivity index (χ4n) is 3.77. The number of aromatic hydroxyl groups is 1. The van der Waals surface area contributed by atoms with E-state index in [0.29, 0.717) is 52.1 Å². The zero-order chi connectivity index (χ0) is 20.3. The standard InChI is InChI=1S/C19H29N3O5S/c1-15-13-22(14-16(2)27-15)28(25,26)21-11-9-20(10-12-21)19(24)8-7-17-5-3-4-6-18(17)23/h3-6,15-16,23H,7-14H2,1-2H3. The average Bonchev–Trinajstić information content (AvgIpc) is 2.66. The van der Waals surface area contributed by atoms with Crippen molar-refractivity contribution in [3.05, 3.63) is 29.8 Å². The Morgan fingerprint density at radius 2 is 1.68 bits per heavy atom. The van der Waals surface area contributed by atoms with Gasteiger partial charge in [-0.2, -0.15) is 17.0 Å². The molecule has 1 N–H and O–H groups in total. The molecule has 0 radical (unpaired) electrons. The van der Waals surface area contributed by atoms with Gasteiger partial charge in [0.15, 0.2) is 0 Å². The number of carbonyl (C=O) groups is 1. The lowest BCUT2D eigenvalue weighted by Crippen LogP contribution is -2.57. The van der Waals surface area contributed by atoms with E-state index < -0.39 is 10.2 Å². The third-order valence-corrected chi connectivity index (χ3v) is 7.20. The van der Waals surface area contributed by atoms with Crippen LogP contribution in [0.2, 0.25) is 0 Å². The molecule has 2 atom stereocenters. The largest absolute Gasteiger partial charge is 0.508 e. The molecule has 1 aromatic carbocycles. The minimum Gasteiger partial charge on any atom is -0.508 e. The number of amides is 1. The predicted molar refractivity (Wildman–Crippen MR) is 105 cm³/mol. The Kier molecular flexibility index (Phi) is 6.59. The molecule has 156 valence electrons. The lowest BCUT2D eigenvalue weighted by atomic mass is 10.1. The summed E-state index contributed by atoms with van der Waals surface area (Å²) < 4.78 is 34.4. The zero-order valence-electron chi connectivity index (χ0n) is 16.5. The smallest absolute Gasteiger partial charge is 0.282 e. The number of piperazine rings is 1. The Morgan fingerprint density at radius 1 is 1.07 bits per heavy atom. The molecule has 2 aliphatic heterocycles. The monoisotopic (exact) mass is 411 g/mol. The predicted octanol–water partition coefficient (Wildman–Crippen LogP) is 0.823. The lowest BCUT2D eigenvalue weighted by Gasteiger charge is -2.40. The highest BCUT2D eigenvalue weighted by Gasteiger charge is 2.37. The summed E-state index contributed by atoms with van der Waals surface area (Å²) in [6, 6.07) is 6.99. The fraction of sp³-hybridized carbons (Fsp3) is 0.632. The molecule has 0 spiro atoms. The first kappa shape index (κ1) is 21.0. The summed E-state index contributed by atoms with van der Waals surface area (Å²) in [6.07, 6.45) is 0.503. The topological polar surface area (TPSA) is 90.4 Å². The highest BCUT2D eigenvalue weighted by atomic mass is 32.2. The van der Waals surface area contributed by atoms with Crippen LogP contribution in [0, 0.1) is 0 Å². The maximum absolute atomic E-state index is 12.9. The number of hydrogen-bond acceptors (Lipinski definition) is 5. The number of benzene rings is 1. The summed E-state index contributed by atoms with van der Waals surface area (Å²) in [6.45, 7) is 5.82. The van der Waals surface area contributed by atoms with Gasteiger partial charge in [-0.25, -0.2) is 0 Å². The number of ether oxygens (including phenoxy) is 1. The number of phenols is 1. The van der Waals surface area contributed by atoms with Gasteiger partial charge in [-0.05, 0) is 31.9 Å². The zero-order valence-corrected chi connectivity index (χ0v) is 17.3. The van der Waals surface area contributed by atoms with Crippen LogP contribution in [0.5, 0.6) is 5.75 Å². The van der Waals surface area contributed by atoms with E-state index in [1.807, 2.05) is 19.9 Å². The minimum absolute atomic E-state index is 0.0195. The van der Waals surface area contributed by atoms with Crippen LogP contribution in [-0.4, -0.2) is 84.4 Å². The second-order valence-corrected chi connectivity index (χ2v) is 9.42. The highest BCUT2D eigenvalue weighted by molar-refractivity contribution is 7.86. The molecule has 1 amide bonds. The summed E-state index contributed by atoms with van der Waals surface area (Å²) in [7, 11) is -3.55. The van der Waals surface area contributed by atoms with E-state index in [2.05, 4.69) is 0 Å². The van der Waals surface area contributed by atoms with E-state index in [1.165, 1.54) is 8.61 Å². The van der Waals surface area contributed by atoms with Gasteiger partial charge in [0, 0.05) is 45.7 Å². The fourth-order valence-corrected chi connectivity index (χ4v) is 5.52. The van der Waals surface area contributed by atoms with E-state index >= 15 is 0 Å². The van der Waals surface area contributed by atoms with Crippen LogP contribution in [0.4, 0.5) is 0 Å². The molecule has 0 saturated carbocycles. The number of para-hydroxylation sites is 1. The number of nitrogens with zero attached hydrogens (tertiary/aromatic N) is 3. The van der Waals surface area contributed by atoms with Crippen molar-refractivity contribution in [1.29, 1.82) is 0 Å². The molecule has 2 unspecified atom stereocenters. The third kappa shape index (κ3) is 4.83. The van der Waals surface area contributed by atoms with Crippen LogP contribution < -0.4 is 0 Å². The Labute approximate surface area is 166 Å². The van der Waals surface area contributed by atoms with Crippen molar-refractivity contribution in [1.82, 2.24) is 13.5 Å². The molecule has 2 fully saturated rings. The lowest BCUT2D eigenvalue weighted by molar-refractivity contribution is -0.132. The number of aryl methyl sites for hydroxylation is 1. The van der Waals surface area contributed by atoms with Gasteiger partial charge in [-0.1, -0.05) is 18.2 Å². The molecular weight excluding hydrogens is 382 g/mol. The molecule has 1 aromatic rings. The molecule has 2 heterocycles. The molecule has 0 aliphatic carbocycles. The van der Waals surface area contributed by atoms with Gasteiger partial charge in [0.25, 0.3) is 10.2 Å². The van der Waals surface area contributed by atoms with Gasteiger partial charge in [0.1, 0.15) is 5.75 Å². The number of phenolic OH excluding ortho intramolecular Hbond substituents is 1. The average molecular weight is 412 g/mol. The normalized spacial score (nSPS) is 25.0. The maximum Gasteiger partial charge on any atom is 0.282 e. The first-order chi connectivity index (χ1) is 13.3.